The number of nitriles is 1. The van der Waals surface area contributed by atoms with Crippen LogP contribution < -0.4 is 14.8 Å². The SMILES string of the molecule is CCOc1cccc(NC(=O)/C(C#N)=C\c2cc(Br)c(OCc3ccc(Cl)cc3Cl)c(Br)c2)c1. The summed E-state index contributed by atoms with van der Waals surface area (Å²) in [6.45, 7) is 2.62. The number of amides is 1. The molecule has 0 radical (unpaired) electrons. The van der Waals surface area contributed by atoms with Crippen molar-refractivity contribution in [2.45, 2.75) is 13.5 Å². The quantitative estimate of drug-likeness (QED) is 0.203. The molecule has 0 spiro atoms. The van der Waals surface area contributed by atoms with E-state index in [0.717, 1.165) is 5.56 Å². The zero-order valence-corrected chi connectivity index (χ0v) is 22.6. The first-order chi connectivity index (χ1) is 16.3. The van der Waals surface area contributed by atoms with Gasteiger partial charge in [0.25, 0.3) is 5.91 Å². The standard InChI is InChI=1S/C25H18Br2Cl2N2O3/c1-2-33-20-5-3-4-19(12-20)31-25(32)17(13-30)8-15-9-21(26)24(22(27)10-15)34-14-16-6-7-18(28)11-23(16)29/h3-12H,2,14H2,1H3,(H,31,32)/b17-8-. The number of nitrogens with one attached hydrogen (secondary N) is 1. The summed E-state index contributed by atoms with van der Waals surface area (Å²) in [5.41, 5.74) is 1.89. The van der Waals surface area contributed by atoms with E-state index in [1.54, 1.807) is 54.6 Å². The molecule has 0 fully saturated rings. The minimum absolute atomic E-state index is 0.0535. The summed E-state index contributed by atoms with van der Waals surface area (Å²) in [6, 6.07) is 17.6. The Kier molecular flexibility index (Phi) is 9.43. The maximum absolute atomic E-state index is 12.7. The lowest BCUT2D eigenvalue weighted by molar-refractivity contribution is -0.112. The van der Waals surface area contributed by atoms with Crippen molar-refractivity contribution >= 4 is 72.7 Å². The summed E-state index contributed by atoms with van der Waals surface area (Å²) >= 11 is 19.1. The Morgan fingerprint density at radius 3 is 2.47 bits per heavy atom. The normalized spacial score (nSPS) is 11.0. The Bertz CT molecular complexity index is 1270. The molecule has 0 aliphatic heterocycles. The molecule has 0 bridgehead atoms. The Balaban J connectivity index is 1.76. The topological polar surface area (TPSA) is 71.3 Å². The Hall–Kier alpha value is -2.50. The van der Waals surface area contributed by atoms with Crippen LogP contribution in [-0.4, -0.2) is 12.5 Å². The van der Waals surface area contributed by atoms with Gasteiger partial charge in [0.15, 0.2) is 0 Å². The highest BCUT2D eigenvalue weighted by Gasteiger charge is 2.14. The van der Waals surface area contributed by atoms with E-state index in [9.17, 15) is 10.1 Å². The summed E-state index contributed by atoms with van der Waals surface area (Å²) in [6.07, 6.45) is 1.50. The van der Waals surface area contributed by atoms with Crippen LogP contribution in [0.3, 0.4) is 0 Å². The fourth-order valence-electron chi connectivity index (χ4n) is 2.93. The average Bonchev–Trinajstić information content (AvgIpc) is 2.78. The van der Waals surface area contributed by atoms with E-state index in [0.29, 0.717) is 48.3 Å². The van der Waals surface area contributed by atoms with Gasteiger partial charge < -0.3 is 14.8 Å². The van der Waals surface area contributed by atoms with E-state index < -0.39 is 5.91 Å². The zero-order valence-electron chi connectivity index (χ0n) is 17.9. The van der Waals surface area contributed by atoms with Crippen molar-refractivity contribution < 1.29 is 14.3 Å². The second-order valence-corrected chi connectivity index (χ2v) is 9.48. The lowest BCUT2D eigenvalue weighted by atomic mass is 10.1. The molecule has 0 saturated carbocycles. The average molecular weight is 625 g/mol. The van der Waals surface area contributed by atoms with Crippen molar-refractivity contribution in [3.05, 3.63) is 90.3 Å². The predicted octanol–water partition coefficient (Wildman–Crippen LogP) is 8.04. The van der Waals surface area contributed by atoms with Gasteiger partial charge in [-0.1, -0.05) is 35.3 Å². The number of halogens is 4. The number of hydrogen-bond donors (Lipinski definition) is 1. The van der Waals surface area contributed by atoms with Crippen molar-refractivity contribution in [3.63, 3.8) is 0 Å². The van der Waals surface area contributed by atoms with Gasteiger partial charge in [-0.25, -0.2) is 0 Å². The first kappa shape index (κ1) is 26.1. The number of benzene rings is 3. The van der Waals surface area contributed by atoms with Crippen LogP contribution in [0.4, 0.5) is 5.69 Å². The summed E-state index contributed by atoms with van der Waals surface area (Å²) in [5, 5.41) is 13.3. The number of rotatable bonds is 8. The van der Waals surface area contributed by atoms with Crippen LogP contribution in [-0.2, 0) is 11.4 Å². The van der Waals surface area contributed by atoms with Gasteiger partial charge in [-0.2, -0.15) is 5.26 Å². The van der Waals surface area contributed by atoms with Crippen LogP contribution >= 0.6 is 55.1 Å². The second kappa shape index (κ2) is 12.3. The Morgan fingerprint density at radius 2 is 1.82 bits per heavy atom. The van der Waals surface area contributed by atoms with E-state index in [1.807, 2.05) is 13.0 Å². The first-order valence-electron chi connectivity index (χ1n) is 10.0. The fourth-order valence-corrected chi connectivity index (χ4v) is 4.85. The van der Waals surface area contributed by atoms with E-state index in [2.05, 4.69) is 37.2 Å². The van der Waals surface area contributed by atoms with Crippen molar-refractivity contribution in [3.8, 4) is 17.6 Å². The molecule has 3 rings (SSSR count). The van der Waals surface area contributed by atoms with Gasteiger partial charge in [0.1, 0.15) is 29.7 Å². The molecule has 3 aromatic rings. The van der Waals surface area contributed by atoms with Crippen molar-refractivity contribution in [1.82, 2.24) is 0 Å². The van der Waals surface area contributed by atoms with Crippen LogP contribution in [0, 0.1) is 11.3 Å². The number of carbonyl (C=O) groups is 1. The van der Waals surface area contributed by atoms with E-state index >= 15 is 0 Å². The fraction of sp³-hybridized carbons (Fsp3) is 0.120. The molecule has 174 valence electrons. The largest absolute Gasteiger partial charge is 0.494 e. The van der Waals surface area contributed by atoms with Gasteiger partial charge in [-0.15, -0.1) is 0 Å². The summed E-state index contributed by atoms with van der Waals surface area (Å²) in [7, 11) is 0. The van der Waals surface area contributed by atoms with Gasteiger partial charge >= 0.3 is 0 Å². The summed E-state index contributed by atoms with van der Waals surface area (Å²) in [5.74, 6) is 0.658. The lowest BCUT2D eigenvalue weighted by Crippen LogP contribution is -2.13. The van der Waals surface area contributed by atoms with E-state index in [-0.39, 0.29) is 12.2 Å². The molecule has 1 amide bonds. The molecule has 0 atom stereocenters. The maximum Gasteiger partial charge on any atom is 0.266 e. The molecule has 0 heterocycles. The van der Waals surface area contributed by atoms with Crippen LogP contribution in [0.25, 0.3) is 6.08 Å². The minimum Gasteiger partial charge on any atom is -0.494 e. The molecule has 0 saturated heterocycles. The summed E-state index contributed by atoms with van der Waals surface area (Å²) in [4.78, 5) is 12.7. The zero-order chi connectivity index (χ0) is 24.7. The Labute approximate surface area is 224 Å². The predicted molar refractivity (Wildman–Crippen MR) is 142 cm³/mol. The number of hydrogen-bond acceptors (Lipinski definition) is 4. The molecule has 5 nitrogen and oxygen atoms in total. The van der Waals surface area contributed by atoms with Gasteiger partial charge in [0.05, 0.1) is 15.6 Å². The molecule has 1 N–H and O–H groups in total. The molecule has 3 aromatic carbocycles. The highest BCUT2D eigenvalue weighted by Crippen LogP contribution is 2.36. The molecule has 9 heteroatoms. The highest BCUT2D eigenvalue weighted by molar-refractivity contribution is 9.11. The monoisotopic (exact) mass is 622 g/mol. The first-order valence-corrected chi connectivity index (χ1v) is 12.4. The van der Waals surface area contributed by atoms with Crippen molar-refractivity contribution in [2.24, 2.45) is 0 Å². The number of anilines is 1. The molecule has 0 unspecified atom stereocenters. The molecule has 0 aromatic heterocycles. The van der Waals surface area contributed by atoms with Crippen LogP contribution in [0.5, 0.6) is 11.5 Å². The molecular weight excluding hydrogens is 607 g/mol. The molecule has 34 heavy (non-hydrogen) atoms. The number of ether oxygens (including phenoxy) is 2. The molecule has 0 aliphatic rings. The van der Waals surface area contributed by atoms with E-state index in [1.165, 1.54) is 6.08 Å². The smallest absolute Gasteiger partial charge is 0.266 e. The van der Waals surface area contributed by atoms with Crippen molar-refractivity contribution in [2.75, 3.05) is 11.9 Å². The molecule has 0 aliphatic carbocycles. The van der Waals surface area contributed by atoms with Gasteiger partial charge in [0.2, 0.25) is 0 Å². The van der Waals surface area contributed by atoms with Crippen LogP contribution in [0.1, 0.15) is 18.1 Å². The third-order valence-electron chi connectivity index (χ3n) is 4.49. The third-order valence-corrected chi connectivity index (χ3v) is 6.25. The van der Waals surface area contributed by atoms with Gasteiger partial charge in [-0.3, -0.25) is 4.79 Å². The third kappa shape index (κ3) is 7.00. The highest BCUT2D eigenvalue weighted by atomic mass is 79.9. The lowest BCUT2D eigenvalue weighted by Gasteiger charge is -2.13. The van der Waals surface area contributed by atoms with Crippen molar-refractivity contribution in [1.29, 1.82) is 5.26 Å². The number of carbonyl (C=O) groups excluding carboxylic acids is 1. The minimum atomic E-state index is -0.527. The second-order valence-electron chi connectivity index (χ2n) is 6.92. The van der Waals surface area contributed by atoms with Gasteiger partial charge in [0, 0.05) is 27.4 Å². The van der Waals surface area contributed by atoms with Gasteiger partial charge in [-0.05, 0) is 86.8 Å². The van der Waals surface area contributed by atoms with Crippen LogP contribution in [0.15, 0.2) is 69.1 Å². The Morgan fingerprint density at radius 1 is 1.09 bits per heavy atom. The van der Waals surface area contributed by atoms with Crippen LogP contribution in [0.2, 0.25) is 10.0 Å². The maximum atomic E-state index is 12.7. The van der Waals surface area contributed by atoms with E-state index in [4.69, 9.17) is 32.7 Å². The number of nitrogens with zero attached hydrogens (tertiary/aromatic N) is 1. The summed E-state index contributed by atoms with van der Waals surface area (Å²) < 4.78 is 12.6. The molecular formula is C25H18Br2Cl2N2O3.